The van der Waals surface area contributed by atoms with Crippen LogP contribution in [0.4, 0.5) is 13.2 Å². The Morgan fingerprint density at radius 3 is 2.39 bits per heavy atom. The van der Waals surface area contributed by atoms with E-state index in [1.807, 2.05) is 20.8 Å². The number of alkyl halides is 3. The summed E-state index contributed by atoms with van der Waals surface area (Å²) in [5.41, 5.74) is 1.88. The van der Waals surface area contributed by atoms with Crippen LogP contribution in [0.15, 0.2) is 29.3 Å². The van der Waals surface area contributed by atoms with Gasteiger partial charge in [-0.1, -0.05) is 12.1 Å². The number of nitrogens with one attached hydrogen (secondary N) is 2. The van der Waals surface area contributed by atoms with Crippen molar-refractivity contribution in [3.05, 3.63) is 45.4 Å². The summed E-state index contributed by atoms with van der Waals surface area (Å²) >= 11 is 1.65. The van der Waals surface area contributed by atoms with Gasteiger partial charge in [0, 0.05) is 11.4 Å². The summed E-state index contributed by atoms with van der Waals surface area (Å²) in [6, 6.07) is 6.44. The number of hydrogen-bond donors (Lipinski definition) is 2. The number of aromatic nitrogens is 1. The number of nitrogens with zero attached hydrogens (tertiary/aromatic N) is 2. The fraction of sp³-hybridized carbons (Fsp3) is 0.444. The Labute approximate surface area is 183 Å². The number of thiazole rings is 1. The first-order valence-electron chi connectivity index (χ1n) is 8.50. The largest absolute Gasteiger partial charge is 0.484 e. The highest BCUT2D eigenvalue weighted by Crippen LogP contribution is 2.19. The van der Waals surface area contributed by atoms with Crippen molar-refractivity contribution in [2.24, 2.45) is 4.99 Å². The molecule has 0 radical (unpaired) electrons. The van der Waals surface area contributed by atoms with Crippen LogP contribution in [-0.2, 0) is 13.1 Å². The maximum atomic E-state index is 12.2. The number of hydrogen-bond acceptors (Lipinski definition) is 4. The molecule has 0 spiro atoms. The minimum atomic E-state index is -4.34. The molecule has 1 aromatic carbocycles. The molecular formula is C18H24F3IN4OS. The van der Waals surface area contributed by atoms with Crippen molar-refractivity contribution in [3.8, 4) is 5.75 Å². The number of ether oxygens (including phenoxy) is 1. The van der Waals surface area contributed by atoms with Gasteiger partial charge in [0.15, 0.2) is 12.6 Å². The van der Waals surface area contributed by atoms with Gasteiger partial charge in [-0.15, -0.1) is 35.3 Å². The second-order valence-corrected chi connectivity index (χ2v) is 7.13. The van der Waals surface area contributed by atoms with Crippen molar-refractivity contribution in [3.63, 3.8) is 0 Å². The summed E-state index contributed by atoms with van der Waals surface area (Å²) < 4.78 is 41.2. The van der Waals surface area contributed by atoms with Crippen molar-refractivity contribution in [1.29, 1.82) is 0 Å². The van der Waals surface area contributed by atoms with Crippen LogP contribution in [0.2, 0.25) is 0 Å². The van der Waals surface area contributed by atoms with E-state index in [0.29, 0.717) is 19.0 Å². The summed E-state index contributed by atoms with van der Waals surface area (Å²) in [5.74, 6) is 0.849. The Morgan fingerprint density at radius 2 is 1.86 bits per heavy atom. The minimum Gasteiger partial charge on any atom is -0.484 e. The Morgan fingerprint density at radius 1 is 1.18 bits per heavy atom. The van der Waals surface area contributed by atoms with E-state index in [0.717, 1.165) is 27.7 Å². The summed E-state index contributed by atoms with van der Waals surface area (Å²) in [6.07, 6.45) is -4.34. The van der Waals surface area contributed by atoms with Crippen molar-refractivity contribution in [2.75, 3.05) is 13.2 Å². The van der Waals surface area contributed by atoms with E-state index in [1.165, 1.54) is 12.1 Å². The molecule has 2 aromatic rings. The molecule has 1 aromatic heterocycles. The van der Waals surface area contributed by atoms with Crippen molar-refractivity contribution in [1.82, 2.24) is 15.6 Å². The van der Waals surface area contributed by atoms with Gasteiger partial charge in [-0.3, -0.25) is 0 Å². The molecule has 156 valence electrons. The fourth-order valence-electron chi connectivity index (χ4n) is 2.27. The lowest BCUT2D eigenvalue weighted by atomic mass is 10.2. The molecule has 5 nitrogen and oxygen atoms in total. The lowest BCUT2D eigenvalue weighted by Crippen LogP contribution is -2.36. The highest BCUT2D eigenvalue weighted by molar-refractivity contribution is 14.0. The smallest absolute Gasteiger partial charge is 0.422 e. The second kappa shape index (κ2) is 11.4. The highest BCUT2D eigenvalue weighted by Gasteiger charge is 2.28. The van der Waals surface area contributed by atoms with Crippen LogP contribution in [0, 0.1) is 13.8 Å². The summed E-state index contributed by atoms with van der Waals surface area (Å²) in [7, 11) is 0. The molecule has 0 unspecified atom stereocenters. The van der Waals surface area contributed by atoms with E-state index in [9.17, 15) is 13.2 Å². The zero-order valence-electron chi connectivity index (χ0n) is 15.9. The van der Waals surface area contributed by atoms with Crippen LogP contribution in [-0.4, -0.2) is 30.3 Å². The molecule has 10 heteroatoms. The van der Waals surface area contributed by atoms with Crippen molar-refractivity contribution >= 4 is 41.3 Å². The Balaban J connectivity index is 0.00000392. The van der Waals surface area contributed by atoms with Gasteiger partial charge < -0.3 is 15.4 Å². The standard InChI is InChI=1S/C18H23F3N4OS.HI/c1-4-22-17(24-10-16-12(2)25-13(3)27-16)23-9-14-5-7-15(8-6-14)26-11-18(19,20)21;/h5-8H,4,9-11H2,1-3H3,(H2,22,23,24);1H. The first kappa shape index (κ1) is 24.5. The molecule has 0 saturated heterocycles. The zero-order valence-corrected chi connectivity index (χ0v) is 19.0. The lowest BCUT2D eigenvalue weighted by molar-refractivity contribution is -0.153. The molecule has 0 atom stereocenters. The van der Waals surface area contributed by atoms with E-state index in [4.69, 9.17) is 4.74 Å². The summed E-state index contributed by atoms with van der Waals surface area (Å²) in [6.45, 7) is 6.39. The number of guanidine groups is 1. The van der Waals surface area contributed by atoms with Gasteiger partial charge in [0.25, 0.3) is 0 Å². The number of aliphatic imine (C=N–C) groups is 1. The van der Waals surface area contributed by atoms with Gasteiger partial charge in [-0.25, -0.2) is 9.98 Å². The maximum Gasteiger partial charge on any atom is 0.422 e. The molecule has 0 amide bonds. The van der Waals surface area contributed by atoms with E-state index in [-0.39, 0.29) is 29.7 Å². The normalized spacial score (nSPS) is 11.7. The van der Waals surface area contributed by atoms with Crippen LogP contribution < -0.4 is 15.4 Å². The molecule has 28 heavy (non-hydrogen) atoms. The number of benzene rings is 1. The third-order valence-electron chi connectivity index (χ3n) is 3.51. The number of aryl methyl sites for hydroxylation is 2. The maximum absolute atomic E-state index is 12.2. The molecular weight excluding hydrogens is 504 g/mol. The third-order valence-corrected chi connectivity index (χ3v) is 4.58. The van der Waals surface area contributed by atoms with Crippen LogP contribution >= 0.6 is 35.3 Å². The fourth-order valence-corrected chi connectivity index (χ4v) is 3.15. The van der Waals surface area contributed by atoms with Crippen LogP contribution in [0.25, 0.3) is 0 Å². The average molecular weight is 528 g/mol. The molecule has 0 aliphatic heterocycles. The minimum absolute atomic E-state index is 0. The molecule has 2 rings (SSSR count). The van der Waals surface area contributed by atoms with E-state index >= 15 is 0 Å². The second-order valence-electron chi connectivity index (χ2n) is 5.84. The first-order valence-corrected chi connectivity index (χ1v) is 9.32. The molecule has 1 heterocycles. The monoisotopic (exact) mass is 528 g/mol. The topological polar surface area (TPSA) is 58.5 Å². The molecule has 0 aliphatic rings. The highest BCUT2D eigenvalue weighted by atomic mass is 127. The molecule has 0 aliphatic carbocycles. The van der Waals surface area contributed by atoms with Gasteiger partial charge in [0.05, 0.1) is 23.8 Å². The number of rotatable bonds is 7. The van der Waals surface area contributed by atoms with E-state index in [1.54, 1.807) is 23.5 Å². The quantitative estimate of drug-likeness (QED) is 0.314. The molecule has 2 N–H and O–H groups in total. The Kier molecular flexibility index (Phi) is 10.0. The lowest BCUT2D eigenvalue weighted by Gasteiger charge is -2.11. The first-order chi connectivity index (χ1) is 12.8. The van der Waals surface area contributed by atoms with Crippen LogP contribution in [0.1, 0.15) is 28.1 Å². The summed E-state index contributed by atoms with van der Waals surface area (Å²) in [5, 5.41) is 7.47. The van der Waals surface area contributed by atoms with Gasteiger partial charge in [0.2, 0.25) is 0 Å². The molecule has 0 saturated carbocycles. The molecule has 0 fully saturated rings. The summed E-state index contributed by atoms with van der Waals surface area (Å²) in [4.78, 5) is 10.1. The van der Waals surface area contributed by atoms with Gasteiger partial charge in [0.1, 0.15) is 5.75 Å². The average Bonchev–Trinajstić information content (AvgIpc) is 2.93. The van der Waals surface area contributed by atoms with E-state index < -0.39 is 12.8 Å². The predicted molar refractivity (Wildman–Crippen MR) is 117 cm³/mol. The molecule has 0 bridgehead atoms. The predicted octanol–water partition coefficient (Wildman–Crippen LogP) is 4.57. The van der Waals surface area contributed by atoms with E-state index in [2.05, 4.69) is 20.6 Å². The van der Waals surface area contributed by atoms with Gasteiger partial charge in [-0.05, 0) is 38.5 Å². The van der Waals surface area contributed by atoms with Crippen molar-refractivity contribution in [2.45, 2.75) is 40.0 Å². The van der Waals surface area contributed by atoms with Crippen molar-refractivity contribution < 1.29 is 17.9 Å². The van der Waals surface area contributed by atoms with Gasteiger partial charge >= 0.3 is 6.18 Å². The third kappa shape index (κ3) is 8.63. The van der Waals surface area contributed by atoms with Crippen LogP contribution in [0.5, 0.6) is 5.75 Å². The zero-order chi connectivity index (χ0) is 19.9. The Hall–Kier alpha value is -1.56. The Bertz CT molecular complexity index is 763. The SMILES string of the molecule is CCNC(=NCc1ccc(OCC(F)(F)F)cc1)NCc1sc(C)nc1C.I. The van der Waals surface area contributed by atoms with Gasteiger partial charge in [-0.2, -0.15) is 13.2 Å². The van der Waals surface area contributed by atoms with Crippen LogP contribution in [0.3, 0.4) is 0 Å². The number of halogens is 4.